The molecule has 0 aliphatic carbocycles. The predicted molar refractivity (Wildman–Crippen MR) is 40.7 cm³/mol. The first-order valence-corrected chi connectivity index (χ1v) is 3.84. The Morgan fingerprint density at radius 3 is 2.18 bits per heavy atom. The molecule has 0 saturated carbocycles. The lowest BCUT2D eigenvalue weighted by Gasteiger charge is -2.10. The summed E-state index contributed by atoms with van der Waals surface area (Å²) in [5.41, 5.74) is 0. The van der Waals surface area contributed by atoms with E-state index in [1.54, 1.807) is 7.05 Å². The maximum Gasteiger partial charge on any atom is 0.232 e. The van der Waals surface area contributed by atoms with E-state index in [9.17, 15) is 9.59 Å². The molecule has 2 amide bonds. The van der Waals surface area contributed by atoms with Gasteiger partial charge in [0.2, 0.25) is 11.8 Å². The lowest BCUT2D eigenvalue weighted by Crippen LogP contribution is -2.27. The van der Waals surface area contributed by atoms with Crippen LogP contribution in [0.15, 0.2) is 0 Å². The molecule has 0 bridgehead atoms. The molecule has 0 aromatic rings. The molecular weight excluding hydrogens is 142 g/mol. The fourth-order valence-corrected chi connectivity index (χ4v) is 1.30. The lowest BCUT2D eigenvalue weighted by atomic mass is 9.95. The Morgan fingerprint density at radius 2 is 2.00 bits per heavy atom. The summed E-state index contributed by atoms with van der Waals surface area (Å²) in [6.45, 7) is 3.93. The second kappa shape index (κ2) is 2.64. The summed E-state index contributed by atoms with van der Waals surface area (Å²) in [7, 11) is 1.55. The fraction of sp³-hybridized carbons (Fsp3) is 0.750. The SMILES string of the molecule is CC(C)C1CC(=O)N(C)C1=O. The third-order valence-electron chi connectivity index (χ3n) is 2.22. The summed E-state index contributed by atoms with van der Waals surface area (Å²) in [6, 6.07) is 0. The van der Waals surface area contributed by atoms with Crippen molar-refractivity contribution in [3.05, 3.63) is 0 Å². The van der Waals surface area contributed by atoms with Crippen molar-refractivity contribution in [1.29, 1.82) is 0 Å². The average molecular weight is 155 g/mol. The molecule has 11 heavy (non-hydrogen) atoms. The largest absolute Gasteiger partial charge is 0.285 e. The molecule has 1 unspecified atom stereocenters. The average Bonchev–Trinajstić information content (AvgIpc) is 2.17. The summed E-state index contributed by atoms with van der Waals surface area (Å²) in [6.07, 6.45) is 0.396. The number of hydrogen-bond donors (Lipinski definition) is 0. The van der Waals surface area contributed by atoms with E-state index in [0.29, 0.717) is 6.42 Å². The summed E-state index contributed by atoms with van der Waals surface area (Å²) in [5.74, 6) is 0.127. The molecule has 0 N–H and O–H groups in total. The zero-order valence-corrected chi connectivity index (χ0v) is 7.13. The molecule has 1 aliphatic heterocycles. The number of hydrogen-bond acceptors (Lipinski definition) is 2. The van der Waals surface area contributed by atoms with Crippen LogP contribution in [0.25, 0.3) is 0 Å². The van der Waals surface area contributed by atoms with Gasteiger partial charge in [-0.1, -0.05) is 13.8 Å². The minimum Gasteiger partial charge on any atom is -0.285 e. The predicted octanol–water partition coefficient (Wildman–Crippen LogP) is 0.647. The van der Waals surface area contributed by atoms with E-state index >= 15 is 0 Å². The van der Waals surface area contributed by atoms with Crippen LogP contribution in [0.4, 0.5) is 0 Å². The monoisotopic (exact) mass is 155 g/mol. The highest BCUT2D eigenvalue weighted by Gasteiger charge is 2.37. The van der Waals surface area contributed by atoms with Crippen molar-refractivity contribution in [2.75, 3.05) is 7.05 Å². The first-order chi connectivity index (χ1) is 5.04. The van der Waals surface area contributed by atoms with Crippen molar-refractivity contribution in [2.24, 2.45) is 11.8 Å². The highest BCUT2D eigenvalue weighted by atomic mass is 16.2. The summed E-state index contributed by atoms with van der Waals surface area (Å²) in [4.78, 5) is 23.5. The molecule has 1 heterocycles. The molecule has 0 spiro atoms. The molecule has 0 aromatic heterocycles. The maximum atomic E-state index is 11.3. The van der Waals surface area contributed by atoms with Crippen molar-refractivity contribution in [1.82, 2.24) is 4.90 Å². The second-order valence-corrected chi connectivity index (χ2v) is 3.35. The van der Waals surface area contributed by atoms with Gasteiger partial charge in [-0.3, -0.25) is 14.5 Å². The summed E-state index contributed by atoms with van der Waals surface area (Å²) < 4.78 is 0. The molecule has 3 nitrogen and oxygen atoms in total. The van der Waals surface area contributed by atoms with Gasteiger partial charge >= 0.3 is 0 Å². The van der Waals surface area contributed by atoms with Crippen LogP contribution in [0, 0.1) is 11.8 Å². The van der Waals surface area contributed by atoms with Gasteiger partial charge < -0.3 is 0 Å². The molecule has 1 atom stereocenters. The highest BCUT2D eigenvalue weighted by molar-refractivity contribution is 6.03. The molecule has 0 radical (unpaired) electrons. The van der Waals surface area contributed by atoms with E-state index in [-0.39, 0.29) is 23.7 Å². The van der Waals surface area contributed by atoms with Gasteiger partial charge in [0.1, 0.15) is 0 Å². The van der Waals surface area contributed by atoms with Gasteiger partial charge in [0.15, 0.2) is 0 Å². The maximum absolute atomic E-state index is 11.3. The van der Waals surface area contributed by atoms with E-state index in [4.69, 9.17) is 0 Å². The third kappa shape index (κ3) is 1.27. The zero-order valence-electron chi connectivity index (χ0n) is 7.13. The van der Waals surface area contributed by atoms with Gasteiger partial charge in [-0.05, 0) is 5.92 Å². The third-order valence-corrected chi connectivity index (χ3v) is 2.22. The minimum atomic E-state index is -0.0764. The lowest BCUT2D eigenvalue weighted by molar-refractivity contribution is -0.138. The quantitative estimate of drug-likeness (QED) is 0.521. The van der Waals surface area contributed by atoms with Crippen molar-refractivity contribution in [2.45, 2.75) is 20.3 Å². The number of nitrogens with zero attached hydrogens (tertiary/aromatic N) is 1. The Balaban J connectivity index is 2.75. The van der Waals surface area contributed by atoms with E-state index in [1.165, 1.54) is 4.90 Å². The van der Waals surface area contributed by atoms with Crippen LogP contribution in [0.3, 0.4) is 0 Å². The smallest absolute Gasteiger partial charge is 0.232 e. The van der Waals surface area contributed by atoms with Crippen molar-refractivity contribution < 1.29 is 9.59 Å². The molecule has 1 saturated heterocycles. The van der Waals surface area contributed by atoms with Gasteiger partial charge in [-0.25, -0.2) is 0 Å². The van der Waals surface area contributed by atoms with Gasteiger partial charge in [0.25, 0.3) is 0 Å². The number of rotatable bonds is 1. The van der Waals surface area contributed by atoms with E-state index in [0.717, 1.165) is 0 Å². The second-order valence-electron chi connectivity index (χ2n) is 3.35. The Bertz CT molecular complexity index is 198. The van der Waals surface area contributed by atoms with Crippen LogP contribution in [0.2, 0.25) is 0 Å². The Labute approximate surface area is 66.4 Å². The Morgan fingerprint density at radius 1 is 1.45 bits per heavy atom. The van der Waals surface area contributed by atoms with Crippen LogP contribution in [-0.2, 0) is 9.59 Å². The number of amides is 2. The van der Waals surface area contributed by atoms with Crippen LogP contribution in [-0.4, -0.2) is 23.8 Å². The molecule has 1 fully saturated rings. The van der Waals surface area contributed by atoms with Crippen molar-refractivity contribution >= 4 is 11.8 Å². The number of carbonyl (C=O) groups excluding carboxylic acids is 2. The Kier molecular flexibility index (Phi) is 1.98. The molecule has 1 aliphatic rings. The Hall–Kier alpha value is -0.860. The zero-order chi connectivity index (χ0) is 8.59. The minimum absolute atomic E-state index is 0.0231. The number of imide groups is 1. The molecule has 3 heteroatoms. The summed E-state index contributed by atoms with van der Waals surface area (Å²) >= 11 is 0. The number of carbonyl (C=O) groups is 2. The van der Waals surface area contributed by atoms with Crippen molar-refractivity contribution in [3.63, 3.8) is 0 Å². The van der Waals surface area contributed by atoms with E-state index in [1.807, 2.05) is 13.8 Å². The molecular formula is C8H13NO2. The van der Waals surface area contributed by atoms with Gasteiger partial charge in [0, 0.05) is 19.4 Å². The van der Waals surface area contributed by atoms with Crippen LogP contribution < -0.4 is 0 Å². The standard InChI is InChI=1S/C8H13NO2/c1-5(2)6-4-7(10)9(3)8(6)11/h5-6H,4H2,1-3H3. The molecule has 62 valence electrons. The summed E-state index contributed by atoms with van der Waals surface area (Å²) in [5, 5.41) is 0. The van der Waals surface area contributed by atoms with E-state index < -0.39 is 0 Å². The molecule has 1 rings (SSSR count). The first kappa shape index (κ1) is 8.24. The van der Waals surface area contributed by atoms with Crippen LogP contribution in [0.5, 0.6) is 0 Å². The van der Waals surface area contributed by atoms with E-state index in [2.05, 4.69) is 0 Å². The first-order valence-electron chi connectivity index (χ1n) is 3.84. The van der Waals surface area contributed by atoms with Crippen LogP contribution >= 0.6 is 0 Å². The van der Waals surface area contributed by atoms with Crippen molar-refractivity contribution in [3.8, 4) is 0 Å². The van der Waals surface area contributed by atoms with Gasteiger partial charge in [-0.2, -0.15) is 0 Å². The molecule has 0 aromatic carbocycles. The topological polar surface area (TPSA) is 37.4 Å². The normalized spacial score (nSPS) is 25.5. The number of likely N-dealkylation sites (tertiary alicyclic amines) is 1. The van der Waals surface area contributed by atoms with Crippen LogP contribution in [0.1, 0.15) is 20.3 Å². The fourth-order valence-electron chi connectivity index (χ4n) is 1.30. The van der Waals surface area contributed by atoms with Gasteiger partial charge in [0.05, 0.1) is 0 Å². The highest BCUT2D eigenvalue weighted by Crippen LogP contribution is 2.24. The van der Waals surface area contributed by atoms with Gasteiger partial charge in [-0.15, -0.1) is 0 Å².